The number of benzene rings is 1. The Labute approximate surface area is 123 Å². The monoisotopic (exact) mass is 353 g/mol. The molecule has 0 aromatic heterocycles. The van der Waals surface area contributed by atoms with E-state index in [0.29, 0.717) is 11.0 Å². The normalized spacial score (nSPS) is 24.0. The molecule has 1 aliphatic heterocycles. The molecule has 1 N–H and O–H groups in total. The van der Waals surface area contributed by atoms with Crippen molar-refractivity contribution >= 4 is 21.6 Å². The van der Waals surface area contributed by atoms with Gasteiger partial charge in [-0.1, -0.05) is 15.9 Å². The molecule has 1 fully saturated rings. The van der Waals surface area contributed by atoms with Crippen LogP contribution in [0.1, 0.15) is 12.5 Å². The van der Waals surface area contributed by atoms with E-state index in [1.807, 2.05) is 0 Å². The van der Waals surface area contributed by atoms with E-state index in [0.717, 1.165) is 6.07 Å². The molecule has 2 unspecified atom stereocenters. The summed E-state index contributed by atoms with van der Waals surface area (Å²) in [6, 6.07) is 4.10. The molecular formula is C13H15BrF3NO2. The minimum atomic E-state index is -4.42. The van der Waals surface area contributed by atoms with Crippen molar-refractivity contribution in [2.24, 2.45) is 0 Å². The number of aliphatic hydroxyl groups is 1. The van der Waals surface area contributed by atoms with Gasteiger partial charge in [0, 0.05) is 23.2 Å². The first-order valence-electron chi connectivity index (χ1n) is 6.19. The Morgan fingerprint density at radius 2 is 2.10 bits per heavy atom. The SMILES string of the molecule is CC1CN(c2ccc(Br)cc2C(F)(F)F)CC(CO)O1. The lowest BCUT2D eigenvalue weighted by molar-refractivity contribution is -0.137. The van der Waals surface area contributed by atoms with E-state index in [9.17, 15) is 13.2 Å². The third-order valence-corrected chi connectivity index (χ3v) is 3.63. The third-order valence-electron chi connectivity index (χ3n) is 3.13. The summed E-state index contributed by atoms with van der Waals surface area (Å²) in [6.45, 7) is 2.17. The molecular weight excluding hydrogens is 339 g/mol. The van der Waals surface area contributed by atoms with Crippen LogP contribution in [-0.2, 0) is 10.9 Å². The Kier molecular flexibility index (Phi) is 4.61. The maximum absolute atomic E-state index is 13.1. The molecule has 1 aliphatic rings. The molecule has 0 radical (unpaired) electrons. The van der Waals surface area contributed by atoms with E-state index < -0.39 is 17.8 Å². The van der Waals surface area contributed by atoms with Gasteiger partial charge in [0.15, 0.2) is 0 Å². The minimum Gasteiger partial charge on any atom is -0.394 e. The topological polar surface area (TPSA) is 32.7 Å². The molecule has 2 atom stereocenters. The van der Waals surface area contributed by atoms with Crippen molar-refractivity contribution in [3.05, 3.63) is 28.2 Å². The zero-order chi connectivity index (χ0) is 14.9. The first-order valence-corrected chi connectivity index (χ1v) is 6.98. The Bertz CT molecular complexity index is 481. The minimum absolute atomic E-state index is 0.120. The lowest BCUT2D eigenvalue weighted by Crippen LogP contribution is -2.48. The van der Waals surface area contributed by atoms with Gasteiger partial charge in [0.05, 0.1) is 24.4 Å². The number of alkyl halides is 3. The van der Waals surface area contributed by atoms with E-state index in [4.69, 9.17) is 9.84 Å². The molecule has 20 heavy (non-hydrogen) atoms. The second-order valence-corrected chi connectivity index (χ2v) is 5.73. The number of hydrogen-bond donors (Lipinski definition) is 1. The van der Waals surface area contributed by atoms with Crippen LogP contribution in [0.4, 0.5) is 18.9 Å². The van der Waals surface area contributed by atoms with E-state index in [1.165, 1.54) is 6.07 Å². The highest BCUT2D eigenvalue weighted by Gasteiger charge is 2.36. The van der Waals surface area contributed by atoms with Crippen molar-refractivity contribution in [2.75, 3.05) is 24.6 Å². The van der Waals surface area contributed by atoms with Crippen LogP contribution in [0.3, 0.4) is 0 Å². The molecule has 7 heteroatoms. The van der Waals surface area contributed by atoms with Gasteiger partial charge in [0.2, 0.25) is 0 Å². The Hall–Kier alpha value is -0.790. The molecule has 1 aromatic carbocycles. The maximum Gasteiger partial charge on any atom is 0.418 e. The van der Waals surface area contributed by atoms with Gasteiger partial charge in [0.1, 0.15) is 0 Å². The van der Waals surface area contributed by atoms with Gasteiger partial charge < -0.3 is 14.7 Å². The van der Waals surface area contributed by atoms with Gasteiger partial charge in [-0.05, 0) is 25.1 Å². The number of anilines is 1. The van der Waals surface area contributed by atoms with Gasteiger partial charge in [0.25, 0.3) is 0 Å². The van der Waals surface area contributed by atoms with Gasteiger partial charge >= 0.3 is 6.18 Å². The Balaban J connectivity index is 2.36. The first-order chi connectivity index (χ1) is 9.31. The fourth-order valence-electron chi connectivity index (χ4n) is 2.35. The van der Waals surface area contributed by atoms with Gasteiger partial charge in [-0.25, -0.2) is 0 Å². The quantitative estimate of drug-likeness (QED) is 0.886. The summed E-state index contributed by atoms with van der Waals surface area (Å²) in [7, 11) is 0. The highest BCUT2D eigenvalue weighted by atomic mass is 79.9. The summed E-state index contributed by atoms with van der Waals surface area (Å²) >= 11 is 3.07. The summed E-state index contributed by atoms with van der Waals surface area (Å²) in [5, 5.41) is 9.17. The van der Waals surface area contributed by atoms with E-state index in [2.05, 4.69) is 15.9 Å². The largest absolute Gasteiger partial charge is 0.418 e. The predicted octanol–water partition coefficient (Wildman–Crippen LogP) is 3.05. The number of hydrogen-bond acceptors (Lipinski definition) is 3. The van der Waals surface area contributed by atoms with Crippen molar-refractivity contribution in [3.63, 3.8) is 0 Å². The fraction of sp³-hybridized carbons (Fsp3) is 0.538. The number of nitrogens with zero attached hydrogens (tertiary/aromatic N) is 1. The molecule has 2 rings (SSSR count). The van der Waals surface area contributed by atoms with Crippen molar-refractivity contribution in [1.29, 1.82) is 0 Å². The number of ether oxygens (including phenoxy) is 1. The second-order valence-electron chi connectivity index (χ2n) is 4.82. The van der Waals surface area contributed by atoms with Crippen LogP contribution in [0.15, 0.2) is 22.7 Å². The fourth-order valence-corrected chi connectivity index (χ4v) is 2.71. The van der Waals surface area contributed by atoms with Crippen LogP contribution in [0.25, 0.3) is 0 Å². The van der Waals surface area contributed by atoms with Crippen molar-refractivity contribution in [2.45, 2.75) is 25.3 Å². The number of halogens is 4. The zero-order valence-corrected chi connectivity index (χ0v) is 12.4. The van der Waals surface area contributed by atoms with Crippen molar-refractivity contribution in [1.82, 2.24) is 0 Å². The number of aliphatic hydroxyl groups excluding tert-OH is 1. The molecule has 112 valence electrons. The van der Waals surface area contributed by atoms with Crippen LogP contribution in [-0.4, -0.2) is 37.0 Å². The van der Waals surface area contributed by atoms with Gasteiger partial charge in [-0.15, -0.1) is 0 Å². The molecule has 1 heterocycles. The van der Waals surface area contributed by atoms with Crippen molar-refractivity contribution < 1.29 is 23.0 Å². The van der Waals surface area contributed by atoms with Gasteiger partial charge in [-0.2, -0.15) is 13.2 Å². The Morgan fingerprint density at radius 1 is 1.40 bits per heavy atom. The third kappa shape index (κ3) is 3.45. The second kappa shape index (κ2) is 5.91. The first kappa shape index (κ1) is 15.6. The molecule has 0 amide bonds. The van der Waals surface area contributed by atoms with Crippen LogP contribution >= 0.6 is 15.9 Å². The van der Waals surface area contributed by atoms with Crippen LogP contribution in [0, 0.1) is 0 Å². The smallest absolute Gasteiger partial charge is 0.394 e. The van der Waals surface area contributed by atoms with Crippen LogP contribution in [0.5, 0.6) is 0 Å². The molecule has 0 spiro atoms. The van der Waals surface area contributed by atoms with E-state index >= 15 is 0 Å². The summed E-state index contributed by atoms with van der Waals surface area (Å²) < 4.78 is 45.2. The van der Waals surface area contributed by atoms with Crippen LogP contribution < -0.4 is 4.90 Å². The molecule has 0 bridgehead atoms. The number of rotatable bonds is 2. The van der Waals surface area contributed by atoms with Crippen LogP contribution in [0.2, 0.25) is 0 Å². The lowest BCUT2D eigenvalue weighted by atomic mass is 10.1. The average Bonchev–Trinajstić information content (AvgIpc) is 2.36. The van der Waals surface area contributed by atoms with E-state index in [-0.39, 0.29) is 24.9 Å². The number of morpholine rings is 1. The molecule has 1 aromatic rings. The standard InChI is InChI=1S/C13H15BrF3NO2/c1-8-5-18(6-10(7-19)20-8)12-3-2-9(14)4-11(12)13(15,16)17/h2-4,8,10,19H,5-7H2,1H3. The summed E-state index contributed by atoms with van der Waals surface area (Å²) in [6.07, 6.45) is -5.12. The molecule has 0 saturated carbocycles. The zero-order valence-electron chi connectivity index (χ0n) is 10.8. The average molecular weight is 354 g/mol. The summed E-state index contributed by atoms with van der Waals surface area (Å²) in [4.78, 5) is 1.62. The van der Waals surface area contributed by atoms with Gasteiger partial charge in [-0.3, -0.25) is 0 Å². The predicted molar refractivity (Wildman–Crippen MR) is 72.8 cm³/mol. The highest BCUT2D eigenvalue weighted by Crippen LogP contribution is 2.39. The highest BCUT2D eigenvalue weighted by molar-refractivity contribution is 9.10. The molecule has 1 saturated heterocycles. The molecule has 0 aliphatic carbocycles. The van der Waals surface area contributed by atoms with E-state index in [1.54, 1.807) is 17.9 Å². The summed E-state index contributed by atoms with van der Waals surface area (Å²) in [5.74, 6) is 0. The lowest BCUT2D eigenvalue weighted by Gasteiger charge is -2.38. The summed E-state index contributed by atoms with van der Waals surface area (Å²) in [5.41, 5.74) is -0.563. The Morgan fingerprint density at radius 3 is 2.70 bits per heavy atom. The maximum atomic E-state index is 13.1. The molecule has 3 nitrogen and oxygen atoms in total. The van der Waals surface area contributed by atoms with Crippen molar-refractivity contribution in [3.8, 4) is 0 Å².